The summed E-state index contributed by atoms with van der Waals surface area (Å²) in [6.45, 7) is 0.416. The summed E-state index contributed by atoms with van der Waals surface area (Å²) in [6.07, 6.45) is 5.82. The van der Waals surface area contributed by atoms with Gasteiger partial charge in [0, 0.05) is 10.5 Å². The van der Waals surface area contributed by atoms with Gasteiger partial charge in [-0.25, -0.2) is 4.39 Å². The number of carbonyl (C=O) groups is 1. The van der Waals surface area contributed by atoms with Gasteiger partial charge in [-0.15, -0.1) is 0 Å². The summed E-state index contributed by atoms with van der Waals surface area (Å²) in [7, 11) is 0. The highest BCUT2D eigenvalue weighted by Crippen LogP contribution is 2.28. The summed E-state index contributed by atoms with van der Waals surface area (Å²) in [5.74, 6) is 0.179. The number of hydrogen-bond donors (Lipinski definition) is 0. The first-order chi connectivity index (χ1) is 10.6. The second-order valence-corrected chi connectivity index (χ2v) is 6.43. The molecule has 0 N–H and O–H groups in total. The van der Waals surface area contributed by atoms with Gasteiger partial charge in [0.05, 0.1) is 18.4 Å². The maximum absolute atomic E-state index is 13.5. The predicted molar refractivity (Wildman–Crippen MR) is 84.9 cm³/mol. The molecule has 1 fully saturated rings. The van der Waals surface area contributed by atoms with Crippen molar-refractivity contribution >= 4 is 21.8 Å². The highest BCUT2D eigenvalue weighted by atomic mass is 79.9. The zero-order valence-electron chi connectivity index (χ0n) is 12.1. The fourth-order valence-electron chi connectivity index (χ4n) is 2.97. The molecule has 0 radical (unpaired) electrons. The molecule has 1 aromatic heterocycles. The van der Waals surface area contributed by atoms with Crippen LogP contribution in [0.25, 0.3) is 0 Å². The van der Waals surface area contributed by atoms with E-state index in [9.17, 15) is 9.18 Å². The number of benzene rings is 1. The van der Waals surface area contributed by atoms with E-state index in [4.69, 9.17) is 4.42 Å². The monoisotopic (exact) mass is 365 g/mol. The SMILES string of the molecule is O=C(c1cc(F)ccc1Br)N(Cc1ccco1)C1CCCC1. The molecule has 0 unspecified atom stereocenters. The standard InChI is InChI=1S/C17H17BrFNO2/c18-16-8-7-12(19)10-15(16)17(21)20(13-4-1-2-5-13)11-14-6-3-9-22-14/h3,6-10,13H,1-2,4-5,11H2. The molecule has 3 nitrogen and oxygen atoms in total. The molecule has 5 heteroatoms. The number of halogens is 2. The van der Waals surface area contributed by atoms with E-state index >= 15 is 0 Å². The Morgan fingerprint density at radius 2 is 2.09 bits per heavy atom. The molecule has 0 aliphatic heterocycles. The van der Waals surface area contributed by atoms with Gasteiger partial charge in [-0.05, 0) is 59.1 Å². The molecular weight excluding hydrogens is 349 g/mol. The molecule has 0 saturated heterocycles. The second-order valence-electron chi connectivity index (χ2n) is 5.57. The summed E-state index contributed by atoms with van der Waals surface area (Å²) in [4.78, 5) is 14.7. The minimum Gasteiger partial charge on any atom is -0.467 e. The number of carbonyl (C=O) groups excluding carboxylic acids is 1. The smallest absolute Gasteiger partial charge is 0.255 e. The van der Waals surface area contributed by atoms with Gasteiger partial charge in [-0.2, -0.15) is 0 Å². The lowest BCUT2D eigenvalue weighted by Crippen LogP contribution is -2.38. The van der Waals surface area contributed by atoms with Gasteiger partial charge in [0.25, 0.3) is 5.91 Å². The van der Waals surface area contributed by atoms with E-state index in [2.05, 4.69) is 15.9 Å². The Balaban J connectivity index is 1.90. The Bertz CT molecular complexity index is 651. The van der Waals surface area contributed by atoms with Crippen LogP contribution in [0.3, 0.4) is 0 Å². The van der Waals surface area contributed by atoms with Crippen molar-refractivity contribution in [3.8, 4) is 0 Å². The maximum atomic E-state index is 13.5. The minimum absolute atomic E-state index is 0.158. The Hall–Kier alpha value is -1.62. The quantitative estimate of drug-likeness (QED) is 0.781. The number of amides is 1. The molecule has 0 atom stereocenters. The second kappa shape index (κ2) is 6.65. The summed E-state index contributed by atoms with van der Waals surface area (Å²) in [6, 6.07) is 8.06. The van der Waals surface area contributed by atoms with Gasteiger partial charge in [0.2, 0.25) is 0 Å². The third-order valence-corrected chi connectivity index (χ3v) is 4.78. The normalized spacial score (nSPS) is 15.2. The minimum atomic E-state index is -0.407. The van der Waals surface area contributed by atoms with E-state index in [1.165, 1.54) is 12.1 Å². The molecule has 1 aromatic carbocycles. The van der Waals surface area contributed by atoms with E-state index < -0.39 is 5.82 Å². The van der Waals surface area contributed by atoms with Crippen LogP contribution in [0, 0.1) is 5.82 Å². The molecule has 1 saturated carbocycles. The van der Waals surface area contributed by atoms with E-state index in [-0.39, 0.29) is 11.9 Å². The first-order valence-electron chi connectivity index (χ1n) is 7.43. The highest BCUT2D eigenvalue weighted by molar-refractivity contribution is 9.10. The number of furan rings is 1. The van der Waals surface area contributed by atoms with Crippen LogP contribution in [-0.4, -0.2) is 16.8 Å². The molecule has 116 valence electrons. The fourth-order valence-corrected chi connectivity index (χ4v) is 3.39. The zero-order valence-corrected chi connectivity index (χ0v) is 13.7. The largest absolute Gasteiger partial charge is 0.467 e. The molecule has 2 aromatic rings. The molecule has 0 spiro atoms. The molecule has 22 heavy (non-hydrogen) atoms. The van der Waals surface area contributed by atoms with Gasteiger partial charge < -0.3 is 9.32 Å². The van der Waals surface area contributed by atoms with Gasteiger partial charge in [-0.1, -0.05) is 12.8 Å². The molecule has 1 heterocycles. The van der Waals surface area contributed by atoms with Crippen LogP contribution in [0.4, 0.5) is 4.39 Å². The third kappa shape index (κ3) is 3.24. The molecule has 3 rings (SSSR count). The van der Waals surface area contributed by atoms with Crippen LogP contribution in [0.1, 0.15) is 41.8 Å². The van der Waals surface area contributed by atoms with Gasteiger partial charge in [-0.3, -0.25) is 4.79 Å². The van der Waals surface area contributed by atoms with Crippen molar-refractivity contribution in [3.05, 3.63) is 58.2 Å². The number of rotatable bonds is 4. The van der Waals surface area contributed by atoms with Crippen molar-refractivity contribution in [2.24, 2.45) is 0 Å². The van der Waals surface area contributed by atoms with Crippen LogP contribution in [0.2, 0.25) is 0 Å². The number of nitrogens with zero attached hydrogens (tertiary/aromatic N) is 1. The Kier molecular flexibility index (Phi) is 4.62. The average molecular weight is 366 g/mol. The molecule has 1 amide bonds. The average Bonchev–Trinajstić information content (AvgIpc) is 3.19. The lowest BCUT2D eigenvalue weighted by atomic mass is 10.1. The molecule has 1 aliphatic rings. The third-order valence-electron chi connectivity index (χ3n) is 4.09. The molecular formula is C17H17BrFNO2. The van der Waals surface area contributed by atoms with Crippen molar-refractivity contribution < 1.29 is 13.6 Å². The highest BCUT2D eigenvalue weighted by Gasteiger charge is 2.29. The van der Waals surface area contributed by atoms with Crippen LogP contribution in [0.15, 0.2) is 45.5 Å². The Morgan fingerprint density at radius 3 is 2.77 bits per heavy atom. The Morgan fingerprint density at radius 1 is 1.32 bits per heavy atom. The maximum Gasteiger partial charge on any atom is 0.255 e. The van der Waals surface area contributed by atoms with Gasteiger partial charge in [0.15, 0.2) is 0 Å². The zero-order chi connectivity index (χ0) is 15.5. The van der Waals surface area contributed by atoms with E-state index in [1.54, 1.807) is 12.3 Å². The van der Waals surface area contributed by atoms with Crippen LogP contribution < -0.4 is 0 Å². The molecule has 1 aliphatic carbocycles. The van der Waals surface area contributed by atoms with E-state index in [1.807, 2.05) is 17.0 Å². The lowest BCUT2D eigenvalue weighted by molar-refractivity contribution is 0.0647. The first-order valence-corrected chi connectivity index (χ1v) is 8.23. The van der Waals surface area contributed by atoms with Crippen LogP contribution in [-0.2, 0) is 6.54 Å². The van der Waals surface area contributed by atoms with Crippen LogP contribution >= 0.6 is 15.9 Å². The van der Waals surface area contributed by atoms with Gasteiger partial charge >= 0.3 is 0 Å². The van der Waals surface area contributed by atoms with Crippen molar-refractivity contribution in [3.63, 3.8) is 0 Å². The van der Waals surface area contributed by atoms with E-state index in [0.29, 0.717) is 16.6 Å². The summed E-state index contributed by atoms with van der Waals surface area (Å²) in [5.41, 5.74) is 0.360. The van der Waals surface area contributed by atoms with Crippen molar-refractivity contribution in [2.75, 3.05) is 0 Å². The van der Waals surface area contributed by atoms with Crippen molar-refractivity contribution in [2.45, 2.75) is 38.3 Å². The topological polar surface area (TPSA) is 33.5 Å². The van der Waals surface area contributed by atoms with Crippen molar-refractivity contribution in [1.82, 2.24) is 4.90 Å². The summed E-state index contributed by atoms with van der Waals surface area (Å²) >= 11 is 3.35. The Labute approximate surface area is 137 Å². The van der Waals surface area contributed by atoms with E-state index in [0.717, 1.165) is 31.4 Å². The first kappa shape index (κ1) is 15.3. The number of hydrogen-bond acceptors (Lipinski definition) is 2. The molecule has 0 bridgehead atoms. The van der Waals surface area contributed by atoms with Crippen LogP contribution in [0.5, 0.6) is 0 Å². The lowest BCUT2D eigenvalue weighted by Gasteiger charge is -2.28. The summed E-state index contributed by atoms with van der Waals surface area (Å²) in [5, 5.41) is 0. The predicted octanol–water partition coefficient (Wildman–Crippen LogP) is 4.77. The fraction of sp³-hybridized carbons (Fsp3) is 0.353. The van der Waals surface area contributed by atoms with Crippen molar-refractivity contribution in [1.29, 1.82) is 0 Å². The summed E-state index contributed by atoms with van der Waals surface area (Å²) < 4.78 is 19.5. The van der Waals surface area contributed by atoms with Gasteiger partial charge in [0.1, 0.15) is 11.6 Å².